The van der Waals surface area contributed by atoms with Crippen molar-refractivity contribution >= 4 is 34.9 Å². The summed E-state index contributed by atoms with van der Waals surface area (Å²) in [5.41, 5.74) is -3.60. The van der Waals surface area contributed by atoms with Crippen molar-refractivity contribution in [3.8, 4) is 0 Å². The van der Waals surface area contributed by atoms with Crippen LogP contribution in [0.2, 0.25) is 6.32 Å². The highest BCUT2D eigenvalue weighted by molar-refractivity contribution is 6.68. The van der Waals surface area contributed by atoms with E-state index in [-0.39, 0.29) is 39.5 Å². The van der Waals surface area contributed by atoms with Crippen LogP contribution in [0.25, 0.3) is 11.0 Å². The summed E-state index contributed by atoms with van der Waals surface area (Å²) in [6.07, 6.45) is -3.63. The van der Waals surface area contributed by atoms with Gasteiger partial charge in [-0.1, -0.05) is 26.0 Å². The molecule has 1 amide bonds. The fraction of sp³-hybridized carbons (Fsp3) is 0.348. The second-order valence-corrected chi connectivity index (χ2v) is 9.46. The van der Waals surface area contributed by atoms with Crippen molar-refractivity contribution in [3.05, 3.63) is 59.1 Å². The maximum absolute atomic E-state index is 15.3. The molecule has 180 valence electrons. The third kappa shape index (κ3) is 3.95. The highest BCUT2D eigenvalue weighted by Crippen LogP contribution is 2.45. The number of anilines is 1. The third-order valence-corrected chi connectivity index (χ3v) is 6.68. The Bertz CT molecular complexity index is 1280. The number of alkyl halides is 3. The highest BCUT2D eigenvalue weighted by atomic mass is 19.4. The number of furan rings is 1. The van der Waals surface area contributed by atoms with Gasteiger partial charge in [-0.05, 0) is 37.1 Å². The maximum Gasteiger partial charge on any atom is 0.419 e. The molecule has 0 aliphatic carbocycles. The van der Waals surface area contributed by atoms with Crippen molar-refractivity contribution in [2.75, 3.05) is 5.32 Å². The van der Waals surface area contributed by atoms with E-state index >= 15 is 4.39 Å². The molecular weight excluding hydrogens is 463 g/mol. The van der Waals surface area contributed by atoms with Gasteiger partial charge in [-0.3, -0.25) is 4.79 Å². The second-order valence-electron chi connectivity index (χ2n) is 9.46. The Kier molecular flexibility index (Phi) is 5.54. The molecule has 1 fully saturated rings. The van der Waals surface area contributed by atoms with Crippen LogP contribution in [0.15, 0.2) is 34.9 Å². The van der Waals surface area contributed by atoms with Gasteiger partial charge in [0.05, 0.1) is 22.4 Å². The summed E-state index contributed by atoms with van der Waals surface area (Å²) in [4.78, 5) is 12.7. The Labute approximate surface area is 191 Å². The Balaban J connectivity index is 1.66. The van der Waals surface area contributed by atoms with Gasteiger partial charge in [0.1, 0.15) is 17.9 Å². The van der Waals surface area contributed by atoms with Crippen LogP contribution in [0.3, 0.4) is 0 Å². The molecular formula is C23H20BF6NO3. The van der Waals surface area contributed by atoms with Crippen molar-refractivity contribution in [1.82, 2.24) is 0 Å². The molecule has 1 N–H and O–H groups in total. The molecule has 1 aromatic heterocycles. The molecule has 1 aliphatic heterocycles. The predicted octanol–water partition coefficient (Wildman–Crippen LogP) is 6.15. The minimum Gasteiger partial charge on any atom is -0.460 e. The first-order chi connectivity index (χ1) is 15.6. The molecule has 4 nitrogen and oxygen atoms in total. The molecule has 1 saturated heterocycles. The summed E-state index contributed by atoms with van der Waals surface area (Å²) < 4.78 is 93.0. The van der Waals surface area contributed by atoms with Crippen molar-refractivity contribution in [2.45, 2.75) is 45.8 Å². The van der Waals surface area contributed by atoms with Gasteiger partial charge < -0.3 is 14.4 Å². The zero-order valence-corrected chi connectivity index (χ0v) is 18.7. The second kappa shape index (κ2) is 7.79. The SMILES string of the molecule is CC1(C)CB(c2ccc3c(C(=O)Nc4cc(C(F)(F)F)c(F)cc4F)coc3c2F)OC1(C)C. The number of amides is 1. The monoisotopic (exact) mass is 483 g/mol. The fourth-order valence-corrected chi connectivity index (χ4v) is 4.00. The summed E-state index contributed by atoms with van der Waals surface area (Å²) in [5, 5.41) is 2.00. The minimum atomic E-state index is -5.09. The van der Waals surface area contributed by atoms with Crippen molar-refractivity contribution in [3.63, 3.8) is 0 Å². The fourth-order valence-electron chi connectivity index (χ4n) is 4.00. The van der Waals surface area contributed by atoms with Crippen molar-refractivity contribution in [1.29, 1.82) is 0 Å². The first kappa shape index (κ1) is 24.2. The van der Waals surface area contributed by atoms with Gasteiger partial charge in [0, 0.05) is 11.5 Å². The number of nitrogens with one attached hydrogen (secondary N) is 1. The van der Waals surface area contributed by atoms with Gasteiger partial charge in [0.15, 0.2) is 11.4 Å². The molecule has 4 rings (SSSR count). The van der Waals surface area contributed by atoms with Gasteiger partial charge in [-0.2, -0.15) is 13.2 Å². The van der Waals surface area contributed by atoms with Crippen LogP contribution in [0.1, 0.15) is 43.6 Å². The lowest BCUT2D eigenvalue weighted by Gasteiger charge is -2.34. The van der Waals surface area contributed by atoms with Crippen molar-refractivity contribution < 1.29 is 40.2 Å². The summed E-state index contributed by atoms with van der Waals surface area (Å²) in [6, 6.07) is 3.06. The smallest absolute Gasteiger partial charge is 0.419 e. The number of carbonyl (C=O) groups excluding carboxylic acids is 1. The lowest BCUT2D eigenvalue weighted by Crippen LogP contribution is -2.37. The Morgan fingerprint density at radius 1 is 1.06 bits per heavy atom. The number of hydrogen-bond acceptors (Lipinski definition) is 3. The van der Waals surface area contributed by atoms with E-state index in [2.05, 4.69) is 0 Å². The normalized spacial score (nSPS) is 17.4. The number of hydrogen-bond donors (Lipinski definition) is 1. The Morgan fingerprint density at radius 3 is 2.32 bits per heavy atom. The molecule has 2 aromatic carbocycles. The quantitative estimate of drug-likeness (QED) is 0.359. The van der Waals surface area contributed by atoms with E-state index in [0.717, 1.165) is 6.26 Å². The molecule has 0 atom stereocenters. The first-order valence-electron chi connectivity index (χ1n) is 10.4. The third-order valence-electron chi connectivity index (χ3n) is 6.68. The van der Waals surface area contributed by atoms with E-state index in [1.807, 2.05) is 33.0 Å². The van der Waals surface area contributed by atoms with Gasteiger partial charge in [0.25, 0.3) is 5.91 Å². The van der Waals surface area contributed by atoms with Crippen LogP contribution in [-0.2, 0) is 10.8 Å². The van der Waals surface area contributed by atoms with E-state index in [4.69, 9.17) is 9.07 Å². The van der Waals surface area contributed by atoms with Gasteiger partial charge in [0.2, 0.25) is 0 Å². The molecule has 0 spiro atoms. The number of fused-ring (bicyclic) bond motifs is 1. The topological polar surface area (TPSA) is 51.5 Å². The van der Waals surface area contributed by atoms with Crippen LogP contribution in [-0.4, -0.2) is 18.4 Å². The molecule has 1 aliphatic rings. The summed E-state index contributed by atoms with van der Waals surface area (Å²) >= 11 is 0. The first-order valence-corrected chi connectivity index (χ1v) is 10.4. The average molecular weight is 483 g/mol. The lowest BCUT2D eigenvalue weighted by atomic mass is 9.54. The molecule has 34 heavy (non-hydrogen) atoms. The molecule has 2 heterocycles. The number of rotatable bonds is 3. The maximum atomic E-state index is 15.3. The van der Waals surface area contributed by atoms with E-state index < -0.39 is 53.3 Å². The predicted molar refractivity (Wildman–Crippen MR) is 115 cm³/mol. The number of carbonyl (C=O) groups is 1. The van der Waals surface area contributed by atoms with Gasteiger partial charge in [-0.25, -0.2) is 13.2 Å². The Morgan fingerprint density at radius 2 is 1.74 bits per heavy atom. The van der Waals surface area contributed by atoms with Crippen molar-refractivity contribution in [2.24, 2.45) is 5.41 Å². The molecule has 0 radical (unpaired) electrons. The number of halogens is 6. The zero-order valence-electron chi connectivity index (χ0n) is 18.7. The molecule has 0 unspecified atom stereocenters. The molecule has 3 aromatic rings. The van der Waals surface area contributed by atoms with Crippen LogP contribution in [0.4, 0.5) is 32.0 Å². The largest absolute Gasteiger partial charge is 0.460 e. The van der Waals surface area contributed by atoms with Crippen LogP contribution < -0.4 is 10.8 Å². The van der Waals surface area contributed by atoms with Crippen LogP contribution in [0.5, 0.6) is 0 Å². The summed E-state index contributed by atoms with van der Waals surface area (Å²) in [7, 11) is 0. The van der Waals surface area contributed by atoms with E-state index in [9.17, 15) is 26.7 Å². The minimum absolute atomic E-state index is 0.0302. The van der Waals surface area contributed by atoms with E-state index in [1.54, 1.807) is 0 Å². The number of benzene rings is 2. The van der Waals surface area contributed by atoms with E-state index in [1.165, 1.54) is 12.1 Å². The van der Waals surface area contributed by atoms with E-state index in [0.29, 0.717) is 6.32 Å². The average Bonchev–Trinajstić information content (AvgIpc) is 3.21. The lowest BCUT2D eigenvalue weighted by molar-refractivity contribution is -0.140. The highest BCUT2D eigenvalue weighted by Gasteiger charge is 2.50. The molecule has 0 saturated carbocycles. The van der Waals surface area contributed by atoms with Crippen LogP contribution >= 0.6 is 0 Å². The van der Waals surface area contributed by atoms with Gasteiger partial charge in [-0.15, -0.1) is 0 Å². The standard InChI is InChI=1S/C23H20BF6NO3/c1-21(2)10-24(34-22(21,3)4)14-6-5-11-12(9-33-19(11)18(14)27)20(32)31-17-7-13(23(28,29)30)15(25)8-16(17)26/h5-9H,10H2,1-4H3,(H,31,32). The Hall–Kier alpha value is -2.95. The summed E-state index contributed by atoms with van der Waals surface area (Å²) in [6.45, 7) is 7.30. The van der Waals surface area contributed by atoms with Gasteiger partial charge >= 0.3 is 13.1 Å². The summed E-state index contributed by atoms with van der Waals surface area (Å²) in [5.74, 6) is -5.00. The molecule has 11 heteroatoms. The molecule has 0 bridgehead atoms. The zero-order chi connectivity index (χ0) is 25.2. The van der Waals surface area contributed by atoms with Crippen LogP contribution in [0, 0.1) is 22.9 Å².